The standard InChI is InChI=1S/C26H34N4O4/c1-28(15-12-20-10-11-22(33-2)23(16-20)34-3)19-30-24(31)26(27-25(30)32)13-7-14-29(18-26)17-21-8-5-4-6-9-21/h4-6,8-11,16H,7,12-15,17-19H2,1-3H3,(H,27,32). The zero-order valence-electron chi connectivity index (χ0n) is 20.3. The first-order valence-corrected chi connectivity index (χ1v) is 11.7. The topological polar surface area (TPSA) is 74.4 Å². The van der Waals surface area contributed by atoms with Crippen LogP contribution >= 0.6 is 0 Å². The second-order valence-electron chi connectivity index (χ2n) is 9.21. The lowest BCUT2D eigenvalue weighted by Gasteiger charge is -2.38. The third-order valence-corrected chi connectivity index (χ3v) is 6.68. The van der Waals surface area contributed by atoms with Gasteiger partial charge in [-0.25, -0.2) is 9.69 Å². The van der Waals surface area contributed by atoms with Crippen LogP contribution in [-0.2, 0) is 17.8 Å². The van der Waals surface area contributed by atoms with Gasteiger partial charge in [-0.1, -0.05) is 36.4 Å². The molecule has 2 aliphatic heterocycles. The maximum Gasteiger partial charge on any atom is 0.326 e. The van der Waals surface area contributed by atoms with Crippen molar-refractivity contribution >= 4 is 11.9 Å². The highest BCUT2D eigenvalue weighted by molar-refractivity contribution is 6.07. The highest BCUT2D eigenvalue weighted by Crippen LogP contribution is 2.30. The van der Waals surface area contributed by atoms with Crippen LogP contribution in [0.3, 0.4) is 0 Å². The van der Waals surface area contributed by atoms with Gasteiger partial charge in [-0.2, -0.15) is 0 Å². The van der Waals surface area contributed by atoms with Crippen LogP contribution in [0.25, 0.3) is 0 Å². The number of hydrogen-bond acceptors (Lipinski definition) is 6. The summed E-state index contributed by atoms with van der Waals surface area (Å²) >= 11 is 0. The monoisotopic (exact) mass is 466 g/mol. The molecule has 0 saturated carbocycles. The Kier molecular flexibility index (Phi) is 7.38. The van der Waals surface area contributed by atoms with Crippen molar-refractivity contribution in [3.63, 3.8) is 0 Å². The van der Waals surface area contributed by atoms with Crippen molar-refractivity contribution in [2.24, 2.45) is 0 Å². The quantitative estimate of drug-likeness (QED) is 0.573. The first-order valence-electron chi connectivity index (χ1n) is 11.7. The van der Waals surface area contributed by atoms with Gasteiger partial charge < -0.3 is 14.8 Å². The van der Waals surface area contributed by atoms with Gasteiger partial charge in [-0.3, -0.25) is 14.6 Å². The molecule has 1 atom stereocenters. The van der Waals surface area contributed by atoms with E-state index in [1.54, 1.807) is 14.2 Å². The summed E-state index contributed by atoms with van der Waals surface area (Å²) in [5.41, 5.74) is 1.49. The van der Waals surface area contributed by atoms with Crippen molar-refractivity contribution in [3.8, 4) is 11.5 Å². The molecule has 34 heavy (non-hydrogen) atoms. The number of carbonyl (C=O) groups excluding carboxylic acids is 2. The molecule has 2 aromatic rings. The highest BCUT2D eigenvalue weighted by atomic mass is 16.5. The summed E-state index contributed by atoms with van der Waals surface area (Å²) in [6.07, 6.45) is 2.31. The van der Waals surface area contributed by atoms with Crippen LogP contribution in [0.1, 0.15) is 24.0 Å². The summed E-state index contributed by atoms with van der Waals surface area (Å²) in [6, 6.07) is 15.8. The van der Waals surface area contributed by atoms with Gasteiger partial charge in [-0.05, 0) is 56.1 Å². The molecular formula is C26H34N4O4. The molecule has 8 nitrogen and oxygen atoms in total. The summed E-state index contributed by atoms with van der Waals surface area (Å²) in [6.45, 7) is 3.19. The van der Waals surface area contributed by atoms with Crippen molar-refractivity contribution in [3.05, 3.63) is 59.7 Å². The van der Waals surface area contributed by atoms with E-state index in [9.17, 15) is 9.59 Å². The van der Waals surface area contributed by atoms with E-state index in [1.165, 1.54) is 10.5 Å². The van der Waals surface area contributed by atoms with Gasteiger partial charge in [0.15, 0.2) is 11.5 Å². The lowest BCUT2D eigenvalue weighted by Crippen LogP contribution is -2.58. The zero-order chi connectivity index (χ0) is 24.1. The molecule has 2 aliphatic rings. The van der Waals surface area contributed by atoms with Crippen LogP contribution in [0.15, 0.2) is 48.5 Å². The van der Waals surface area contributed by atoms with Crippen molar-refractivity contribution in [1.82, 2.24) is 20.0 Å². The maximum atomic E-state index is 13.4. The molecule has 0 aromatic heterocycles. The molecule has 2 heterocycles. The van der Waals surface area contributed by atoms with Gasteiger partial charge in [0, 0.05) is 19.6 Å². The SMILES string of the molecule is COc1ccc(CCN(C)CN2C(=O)NC3(CCCN(Cc4ccccc4)C3)C2=O)cc1OC. The molecule has 4 rings (SSSR count). The number of urea groups is 1. The predicted molar refractivity (Wildman–Crippen MR) is 130 cm³/mol. The number of likely N-dealkylation sites (tertiary alicyclic amines) is 1. The van der Waals surface area contributed by atoms with E-state index in [1.807, 2.05) is 48.3 Å². The van der Waals surface area contributed by atoms with Crippen molar-refractivity contribution < 1.29 is 19.1 Å². The minimum atomic E-state index is -0.825. The summed E-state index contributed by atoms with van der Waals surface area (Å²) in [5.74, 6) is 1.27. The van der Waals surface area contributed by atoms with Gasteiger partial charge in [0.25, 0.3) is 5.91 Å². The summed E-state index contributed by atoms with van der Waals surface area (Å²) in [7, 11) is 5.16. The van der Waals surface area contributed by atoms with E-state index >= 15 is 0 Å². The molecule has 0 radical (unpaired) electrons. The fraction of sp³-hybridized carbons (Fsp3) is 0.462. The van der Waals surface area contributed by atoms with Crippen LogP contribution in [0, 0.1) is 0 Å². The Bertz CT molecular complexity index is 1020. The number of imide groups is 1. The van der Waals surface area contributed by atoms with E-state index in [0.29, 0.717) is 31.0 Å². The average molecular weight is 467 g/mol. The smallest absolute Gasteiger partial charge is 0.326 e. The Morgan fingerprint density at radius 1 is 1.03 bits per heavy atom. The Labute approximate surface area is 201 Å². The number of benzene rings is 2. The summed E-state index contributed by atoms with van der Waals surface area (Å²) in [4.78, 5) is 31.8. The number of nitrogens with zero attached hydrogens (tertiary/aromatic N) is 3. The molecule has 2 saturated heterocycles. The number of carbonyl (C=O) groups is 2. The molecule has 2 fully saturated rings. The van der Waals surface area contributed by atoms with E-state index < -0.39 is 5.54 Å². The molecule has 3 amide bonds. The minimum absolute atomic E-state index is 0.117. The Morgan fingerprint density at radius 3 is 2.53 bits per heavy atom. The summed E-state index contributed by atoms with van der Waals surface area (Å²) in [5, 5.41) is 3.03. The number of amides is 3. The van der Waals surface area contributed by atoms with E-state index in [0.717, 1.165) is 31.5 Å². The number of hydrogen-bond donors (Lipinski definition) is 1. The summed E-state index contributed by atoms with van der Waals surface area (Å²) < 4.78 is 10.7. The number of likely N-dealkylation sites (N-methyl/N-ethyl adjacent to an activating group) is 1. The lowest BCUT2D eigenvalue weighted by atomic mass is 9.88. The average Bonchev–Trinajstić information content (AvgIpc) is 3.06. The molecule has 8 heteroatoms. The fourth-order valence-electron chi connectivity index (χ4n) is 4.87. The minimum Gasteiger partial charge on any atom is -0.493 e. The second-order valence-corrected chi connectivity index (χ2v) is 9.21. The van der Waals surface area contributed by atoms with Gasteiger partial charge in [0.2, 0.25) is 0 Å². The van der Waals surface area contributed by atoms with E-state index in [-0.39, 0.29) is 18.6 Å². The molecule has 182 valence electrons. The predicted octanol–water partition coefficient (Wildman–Crippen LogP) is 2.72. The first kappa shape index (κ1) is 24.0. The van der Waals surface area contributed by atoms with Crippen LogP contribution in [0.2, 0.25) is 0 Å². The molecule has 1 unspecified atom stereocenters. The fourth-order valence-corrected chi connectivity index (χ4v) is 4.87. The van der Waals surface area contributed by atoms with Crippen LogP contribution in [0.4, 0.5) is 4.79 Å². The van der Waals surface area contributed by atoms with Gasteiger partial charge >= 0.3 is 6.03 Å². The Hall–Kier alpha value is -3.10. The highest BCUT2D eigenvalue weighted by Gasteiger charge is 2.53. The largest absolute Gasteiger partial charge is 0.493 e. The zero-order valence-corrected chi connectivity index (χ0v) is 20.3. The first-order chi connectivity index (χ1) is 16.4. The molecule has 2 aromatic carbocycles. The number of rotatable bonds is 9. The van der Waals surface area contributed by atoms with Gasteiger partial charge in [0.05, 0.1) is 20.9 Å². The van der Waals surface area contributed by atoms with Crippen LogP contribution in [0.5, 0.6) is 11.5 Å². The lowest BCUT2D eigenvalue weighted by molar-refractivity contribution is -0.134. The molecule has 0 aliphatic carbocycles. The number of methoxy groups -OCH3 is 2. The third-order valence-electron chi connectivity index (χ3n) is 6.68. The Balaban J connectivity index is 1.35. The normalized spacial score (nSPS) is 20.8. The van der Waals surface area contributed by atoms with E-state index in [2.05, 4.69) is 22.3 Å². The Morgan fingerprint density at radius 2 is 1.79 bits per heavy atom. The van der Waals surface area contributed by atoms with Crippen LogP contribution < -0.4 is 14.8 Å². The molecule has 1 N–H and O–H groups in total. The number of nitrogens with one attached hydrogen (secondary N) is 1. The maximum absolute atomic E-state index is 13.4. The van der Waals surface area contributed by atoms with Crippen molar-refractivity contribution in [2.45, 2.75) is 31.3 Å². The molecular weight excluding hydrogens is 432 g/mol. The number of piperidine rings is 1. The van der Waals surface area contributed by atoms with Crippen molar-refractivity contribution in [1.29, 1.82) is 0 Å². The third kappa shape index (κ3) is 5.18. The second kappa shape index (κ2) is 10.4. The van der Waals surface area contributed by atoms with Gasteiger partial charge in [0.1, 0.15) is 5.54 Å². The van der Waals surface area contributed by atoms with Gasteiger partial charge in [-0.15, -0.1) is 0 Å². The molecule has 0 bridgehead atoms. The van der Waals surface area contributed by atoms with Crippen LogP contribution in [-0.4, -0.2) is 79.7 Å². The van der Waals surface area contributed by atoms with E-state index in [4.69, 9.17) is 9.47 Å². The van der Waals surface area contributed by atoms with Crippen molar-refractivity contribution in [2.75, 3.05) is 47.6 Å². The number of ether oxygens (including phenoxy) is 2. The molecule has 1 spiro atoms.